The summed E-state index contributed by atoms with van der Waals surface area (Å²) in [6.45, 7) is 3.02. The highest BCUT2D eigenvalue weighted by Gasteiger charge is 2.26. The van der Waals surface area contributed by atoms with Crippen molar-refractivity contribution in [2.24, 2.45) is 5.73 Å². The highest BCUT2D eigenvalue weighted by Crippen LogP contribution is 2.17. The lowest BCUT2D eigenvalue weighted by Gasteiger charge is -2.23. The second kappa shape index (κ2) is 5.57. The van der Waals surface area contributed by atoms with Crippen LogP contribution in [0.1, 0.15) is 6.92 Å². The molecular formula is C9H16N2O4. The Morgan fingerprint density at radius 3 is 3.07 bits per heavy atom. The fourth-order valence-electron chi connectivity index (χ4n) is 1.33. The standard InChI is InChI=1S/C9H16N2O4/c1-7-11(2-4-14-5-3-12)8(6-15-7)9(10)13/h6-7,12H,2-5H2,1H3,(H2,10,13). The summed E-state index contributed by atoms with van der Waals surface area (Å²) in [6.07, 6.45) is 1.16. The number of primary amides is 1. The molecule has 0 spiro atoms. The van der Waals surface area contributed by atoms with Gasteiger partial charge in [-0.1, -0.05) is 0 Å². The Kier molecular flexibility index (Phi) is 4.38. The normalized spacial score (nSPS) is 20.0. The molecule has 0 aromatic heterocycles. The number of amides is 1. The van der Waals surface area contributed by atoms with Gasteiger partial charge in [-0.2, -0.15) is 0 Å². The van der Waals surface area contributed by atoms with Gasteiger partial charge in [0.25, 0.3) is 5.91 Å². The number of aliphatic hydroxyl groups is 1. The highest BCUT2D eigenvalue weighted by atomic mass is 16.5. The van der Waals surface area contributed by atoms with Gasteiger partial charge >= 0.3 is 0 Å². The predicted molar refractivity (Wildman–Crippen MR) is 52.4 cm³/mol. The molecular weight excluding hydrogens is 200 g/mol. The van der Waals surface area contributed by atoms with E-state index in [-0.39, 0.29) is 12.8 Å². The first kappa shape index (κ1) is 11.8. The van der Waals surface area contributed by atoms with E-state index in [4.69, 9.17) is 20.3 Å². The van der Waals surface area contributed by atoms with Crippen molar-refractivity contribution < 1.29 is 19.4 Å². The van der Waals surface area contributed by atoms with Gasteiger partial charge in [0, 0.05) is 6.54 Å². The minimum absolute atomic E-state index is 0.00936. The van der Waals surface area contributed by atoms with Crippen LogP contribution in [0, 0.1) is 0 Å². The van der Waals surface area contributed by atoms with E-state index in [2.05, 4.69) is 0 Å². The quantitative estimate of drug-likeness (QED) is 0.556. The van der Waals surface area contributed by atoms with Crippen LogP contribution in [0.2, 0.25) is 0 Å². The summed E-state index contributed by atoms with van der Waals surface area (Å²) < 4.78 is 10.2. The Morgan fingerprint density at radius 1 is 1.73 bits per heavy atom. The number of nitrogens with zero attached hydrogens (tertiary/aromatic N) is 1. The minimum Gasteiger partial charge on any atom is -0.476 e. The second-order valence-corrected chi connectivity index (χ2v) is 3.13. The molecule has 6 nitrogen and oxygen atoms in total. The Morgan fingerprint density at radius 2 is 2.47 bits per heavy atom. The number of carbonyl (C=O) groups is 1. The average molecular weight is 216 g/mol. The Balaban J connectivity index is 2.38. The van der Waals surface area contributed by atoms with E-state index in [0.29, 0.717) is 25.5 Å². The Labute approximate surface area is 88.2 Å². The number of rotatable bonds is 6. The van der Waals surface area contributed by atoms with E-state index in [9.17, 15) is 4.79 Å². The van der Waals surface area contributed by atoms with Gasteiger partial charge in [0.05, 0.1) is 19.8 Å². The van der Waals surface area contributed by atoms with Crippen LogP contribution in [0.3, 0.4) is 0 Å². The molecule has 1 atom stereocenters. The first-order valence-corrected chi connectivity index (χ1v) is 4.77. The lowest BCUT2D eigenvalue weighted by molar-refractivity contribution is -0.116. The van der Waals surface area contributed by atoms with Crippen LogP contribution >= 0.6 is 0 Å². The second-order valence-electron chi connectivity index (χ2n) is 3.13. The summed E-state index contributed by atoms with van der Waals surface area (Å²) in [5.74, 6) is -0.512. The van der Waals surface area contributed by atoms with Crippen LogP contribution in [0.5, 0.6) is 0 Å². The van der Waals surface area contributed by atoms with E-state index in [0.717, 1.165) is 0 Å². The van der Waals surface area contributed by atoms with Crippen molar-refractivity contribution in [1.29, 1.82) is 0 Å². The van der Waals surface area contributed by atoms with Gasteiger partial charge in [0.1, 0.15) is 12.0 Å². The zero-order valence-electron chi connectivity index (χ0n) is 8.68. The van der Waals surface area contributed by atoms with Crippen molar-refractivity contribution in [2.75, 3.05) is 26.4 Å². The van der Waals surface area contributed by atoms with Gasteiger partial charge in [0.15, 0.2) is 6.23 Å². The third-order valence-electron chi connectivity index (χ3n) is 2.09. The maximum Gasteiger partial charge on any atom is 0.268 e. The molecule has 0 bridgehead atoms. The third kappa shape index (κ3) is 3.10. The van der Waals surface area contributed by atoms with E-state index in [1.54, 1.807) is 4.90 Å². The zero-order chi connectivity index (χ0) is 11.3. The van der Waals surface area contributed by atoms with Crippen molar-refractivity contribution in [2.45, 2.75) is 13.2 Å². The maximum atomic E-state index is 11.0. The van der Waals surface area contributed by atoms with E-state index in [1.165, 1.54) is 6.26 Å². The predicted octanol–water partition coefficient (Wildman–Crippen LogP) is -1.000. The SMILES string of the molecule is CC1OC=C(C(N)=O)N1CCOCCO. The topological polar surface area (TPSA) is 85.0 Å². The number of hydrogen-bond acceptors (Lipinski definition) is 5. The molecule has 1 aliphatic rings. The Bertz CT molecular complexity index is 254. The maximum absolute atomic E-state index is 11.0. The number of aliphatic hydroxyl groups excluding tert-OH is 1. The summed E-state index contributed by atoms with van der Waals surface area (Å²) in [4.78, 5) is 12.7. The first-order chi connectivity index (χ1) is 7.16. The van der Waals surface area contributed by atoms with Crippen molar-refractivity contribution in [1.82, 2.24) is 4.90 Å². The molecule has 0 saturated carbocycles. The number of hydrogen-bond donors (Lipinski definition) is 2. The summed E-state index contributed by atoms with van der Waals surface area (Å²) in [6, 6.07) is 0. The molecule has 86 valence electrons. The molecule has 0 aromatic carbocycles. The van der Waals surface area contributed by atoms with Crippen LogP contribution in [-0.2, 0) is 14.3 Å². The summed E-state index contributed by atoms with van der Waals surface area (Å²) >= 11 is 0. The third-order valence-corrected chi connectivity index (χ3v) is 2.09. The van der Waals surface area contributed by atoms with Crippen molar-refractivity contribution >= 4 is 5.91 Å². The van der Waals surface area contributed by atoms with Gasteiger partial charge in [-0.25, -0.2) is 0 Å². The van der Waals surface area contributed by atoms with Gasteiger partial charge in [0.2, 0.25) is 0 Å². The molecule has 0 fully saturated rings. The van der Waals surface area contributed by atoms with Crippen LogP contribution in [-0.4, -0.2) is 48.5 Å². The van der Waals surface area contributed by atoms with Crippen molar-refractivity contribution in [3.63, 3.8) is 0 Å². The molecule has 0 saturated heterocycles. The molecule has 1 heterocycles. The van der Waals surface area contributed by atoms with Crippen LogP contribution < -0.4 is 5.73 Å². The van der Waals surface area contributed by atoms with E-state index >= 15 is 0 Å². The molecule has 1 amide bonds. The molecule has 6 heteroatoms. The fraction of sp³-hybridized carbons (Fsp3) is 0.667. The summed E-state index contributed by atoms with van der Waals surface area (Å²) in [5.41, 5.74) is 5.53. The van der Waals surface area contributed by atoms with Gasteiger partial charge < -0.3 is 25.2 Å². The smallest absolute Gasteiger partial charge is 0.268 e. The molecule has 0 aliphatic carbocycles. The molecule has 0 radical (unpaired) electrons. The number of nitrogens with two attached hydrogens (primary N) is 1. The summed E-state index contributed by atoms with van der Waals surface area (Å²) in [5, 5.41) is 8.50. The molecule has 3 N–H and O–H groups in total. The monoisotopic (exact) mass is 216 g/mol. The number of ether oxygens (including phenoxy) is 2. The average Bonchev–Trinajstić information content (AvgIpc) is 2.55. The van der Waals surface area contributed by atoms with Gasteiger partial charge in [-0.15, -0.1) is 0 Å². The minimum atomic E-state index is -0.512. The van der Waals surface area contributed by atoms with Crippen molar-refractivity contribution in [3.8, 4) is 0 Å². The Hall–Kier alpha value is -1.27. The molecule has 1 unspecified atom stereocenters. The van der Waals surface area contributed by atoms with Crippen LogP contribution in [0.15, 0.2) is 12.0 Å². The van der Waals surface area contributed by atoms with Crippen molar-refractivity contribution in [3.05, 3.63) is 12.0 Å². The van der Waals surface area contributed by atoms with E-state index < -0.39 is 5.91 Å². The number of carbonyl (C=O) groups excluding carboxylic acids is 1. The van der Waals surface area contributed by atoms with E-state index in [1.807, 2.05) is 6.92 Å². The largest absolute Gasteiger partial charge is 0.476 e. The lowest BCUT2D eigenvalue weighted by Crippen LogP contribution is -2.36. The first-order valence-electron chi connectivity index (χ1n) is 4.77. The molecule has 1 aliphatic heterocycles. The highest BCUT2D eigenvalue weighted by molar-refractivity contribution is 5.91. The lowest BCUT2D eigenvalue weighted by atomic mass is 10.3. The molecule has 1 rings (SSSR count). The van der Waals surface area contributed by atoms with Gasteiger partial charge in [-0.3, -0.25) is 4.79 Å². The fourth-order valence-corrected chi connectivity index (χ4v) is 1.33. The molecule has 15 heavy (non-hydrogen) atoms. The van der Waals surface area contributed by atoms with Crippen LogP contribution in [0.25, 0.3) is 0 Å². The van der Waals surface area contributed by atoms with Crippen LogP contribution in [0.4, 0.5) is 0 Å². The molecule has 0 aromatic rings. The zero-order valence-corrected chi connectivity index (χ0v) is 8.68. The summed E-state index contributed by atoms with van der Waals surface area (Å²) in [7, 11) is 0. The van der Waals surface area contributed by atoms with Gasteiger partial charge in [-0.05, 0) is 6.92 Å².